The van der Waals surface area contributed by atoms with Gasteiger partial charge in [0.1, 0.15) is 0 Å². The van der Waals surface area contributed by atoms with Crippen LogP contribution in [0.4, 0.5) is 13.2 Å². The number of hydrazine groups is 1. The molecule has 0 aromatic rings. The fourth-order valence-corrected chi connectivity index (χ4v) is 1.39. The van der Waals surface area contributed by atoms with Crippen LogP contribution in [-0.2, 0) is 0 Å². The molecule has 0 aliphatic carbocycles. The molecule has 1 atom stereocenters. The molecule has 0 saturated heterocycles. The van der Waals surface area contributed by atoms with E-state index in [1.165, 1.54) is 0 Å². The van der Waals surface area contributed by atoms with Gasteiger partial charge in [-0.2, -0.15) is 13.2 Å². The van der Waals surface area contributed by atoms with Gasteiger partial charge in [0.05, 0.1) is 0 Å². The topological polar surface area (TPSA) is 38.0 Å². The van der Waals surface area contributed by atoms with Crippen LogP contribution in [-0.4, -0.2) is 12.2 Å². The van der Waals surface area contributed by atoms with Crippen LogP contribution in [0, 0.1) is 5.92 Å². The van der Waals surface area contributed by atoms with Crippen molar-refractivity contribution in [1.29, 1.82) is 0 Å². The van der Waals surface area contributed by atoms with Gasteiger partial charge in [0, 0.05) is 12.5 Å². The molecule has 0 aliphatic rings. The predicted octanol–water partition coefficient (Wildman–Crippen LogP) is 2.60. The van der Waals surface area contributed by atoms with Gasteiger partial charge in [-0.05, 0) is 25.2 Å². The van der Waals surface area contributed by atoms with E-state index in [4.69, 9.17) is 5.84 Å². The maximum atomic E-state index is 11.8. The van der Waals surface area contributed by atoms with Crippen LogP contribution in [0.25, 0.3) is 0 Å². The van der Waals surface area contributed by atoms with Crippen molar-refractivity contribution in [2.24, 2.45) is 11.8 Å². The number of halogens is 3. The van der Waals surface area contributed by atoms with Gasteiger partial charge in [-0.15, -0.1) is 0 Å². The predicted molar refractivity (Wildman–Crippen MR) is 50.5 cm³/mol. The van der Waals surface area contributed by atoms with Crippen LogP contribution in [0.5, 0.6) is 0 Å². The fraction of sp³-hybridized carbons (Fsp3) is 1.00. The second-order valence-electron chi connectivity index (χ2n) is 4.00. The van der Waals surface area contributed by atoms with E-state index >= 15 is 0 Å². The first kappa shape index (κ1) is 13.7. The highest BCUT2D eigenvalue weighted by molar-refractivity contribution is 4.66. The molecule has 0 radical (unpaired) electrons. The number of nitrogens with one attached hydrogen (secondary N) is 1. The van der Waals surface area contributed by atoms with Crippen LogP contribution in [0.3, 0.4) is 0 Å². The van der Waals surface area contributed by atoms with Crippen molar-refractivity contribution in [2.75, 3.05) is 0 Å². The Labute approximate surface area is 83.0 Å². The van der Waals surface area contributed by atoms with E-state index in [2.05, 4.69) is 5.43 Å². The van der Waals surface area contributed by atoms with E-state index < -0.39 is 12.6 Å². The summed E-state index contributed by atoms with van der Waals surface area (Å²) in [6, 6.07) is -0.00245. The zero-order chi connectivity index (χ0) is 11.2. The van der Waals surface area contributed by atoms with Crippen LogP contribution in [0.15, 0.2) is 0 Å². The Morgan fingerprint density at radius 2 is 1.86 bits per heavy atom. The first-order valence-corrected chi connectivity index (χ1v) is 4.88. The molecule has 0 amide bonds. The molecule has 0 aromatic heterocycles. The molecule has 0 spiro atoms. The van der Waals surface area contributed by atoms with Crippen molar-refractivity contribution in [2.45, 2.75) is 51.7 Å². The lowest BCUT2D eigenvalue weighted by Crippen LogP contribution is -2.36. The van der Waals surface area contributed by atoms with Crippen LogP contribution in [0.2, 0.25) is 0 Å². The molecule has 5 heteroatoms. The van der Waals surface area contributed by atoms with Crippen LogP contribution >= 0.6 is 0 Å². The number of hydrogen-bond donors (Lipinski definition) is 2. The maximum Gasteiger partial charge on any atom is 0.389 e. The number of alkyl halides is 3. The summed E-state index contributed by atoms with van der Waals surface area (Å²) in [5.74, 6) is 5.69. The molecular formula is C9H19F3N2. The van der Waals surface area contributed by atoms with Crippen LogP contribution in [0.1, 0.15) is 39.5 Å². The second-order valence-corrected chi connectivity index (χ2v) is 4.00. The van der Waals surface area contributed by atoms with Gasteiger partial charge in [0.15, 0.2) is 0 Å². The lowest BCUT2D eigenvalue weighted by atomic mass is 9.99. The summed E-state index contributed by atoms with van der Waals surface area (Å²) in [6.07, 6.45) is -3.33. The third-order valence-electron chi connectivity index (χ3n) is 2.00. The molecule has 0 heterocycles. The minimum absolute atomic E-state index is 0.00245. The SMILES string of the molecule is CC(C)CC(CCCC(F)(F)F)NN. The largest absolute Gasteiger partial charge is 0.389 e. The molecule has 0 bridgehead atoms. The van der Waals surface area contributed by atoms with Gasteiger partial charge in [-0.1, -0.05) is 13.8 Å². The Hall–Kier alpha value is -0.290. The molecule has 86 valence electrons. The van der Waals surface area contributed by atoms with Gasteiger partial charge in [0.25, 0.3) is 0 Å². The van der Waals surface area contributed by atoms with Gasteiger partial charge in [0.2, 0.25) is 0 Å². The fourth-order valence-electron chi connectivity index (χ4n) is 1.39. The van der Waals surface area contributed by atoms with E-state index in [0.29, 0.717) is 12.3 Å². The third-order valence-corrected chi connectivity index (χ3v) is 2.00. The Bertz CT molecular complexity index is 145. The molecule has 0 rings (SSSR count). The normalized spacial score (nSPS) is 14.8. The summed E-state index contributed by atoms with van der Waals surface area (Å²) in [5, 5.41) is 0. The highest BCUT2D eigenvalue weighted by atomic mass is 19.4. The molecule has 0 aromatic carbocycles. The zero-order valence-electron chi connectivity index (χ0n) is 8.69. The van der Waals surface area contributed by atoms with Gasteiger partial charge < -0.3 is 0 Å². The molecule has 1 unspecified atom stereocenters. The molecule has 3 N–H and O–H groups in total. The Balaban J connectivity index is 3.63. The van der Waals surface area contributed by atoms with Gasteiger partial charge in [-0.3, -0.25) is 11.3 Å². The van der Waals surface area contributed by atoms with Gasteiger partial charge in [-0.25, -0.2) is 0 Å². The minimum Gasteiger partial charge on any atom is -0.271 e. The van der Waals surface area contributed by atoms with E-state index in [0.717, 1.165) is 6.42 Å². The molecule has 0 aliphatic heterocycles. The lowest BCUT2D eigenvalue weighted by molar-refractivity contribution is -0.135. The first-order valence-electron chi connectivity index (χ1n) is 4.88. The zero-order valence-corrected chi connectivity index (χ0v) is 8.69. The summed E-state index contributed by atoms with van der Waals surface area (Å²) < 4.78 is 35.5. The van der Waals surface area contributed by atoms with E-state index in [-0.39, 0.29) is 12.5 Å². The van der Waals surface area contributed by atoms with E-state index in [1.807, 2.05) is 13.8 Å². The minimum atomic E-state index is -4.04. The van der Waals surface area contributed by atoms with E-state index in [9.17, 15) is 13.2 Å². The molecular weight excluding hydrogens is 193 g/mol. The quantitative estimate of drug-likeness (QED) is 0.524. The lowest BCUT2D eigenvalue weighted by Gasteiger charge is -2.18. The maximum absolute atomic E-state index is 11.8. The smallest absolute Gasteiger partial charge is 0.271 e. The Morgan fingerprint density at radius 3 is 2.21 bits per heavy atom. The monoisotopic (exact) mass is 212 g/mol. The highest BCUT2D eigenvalue weighted by Crippen LogP contribution is 2.23. The average Bonchev–Trinajstić information content (AvgIpc) is 1.99. The number of hydrogen-bond acceptors (Lipinski definition) is 2. The van der Waals surface area contributed by atoms with Crippen LogP contribution < -0.4 is 11.3 Å². The Kier molecular flexibility index (Phi) is 6.11. The summed E-state index contributed by atoms with van der Waals surface area (Å²) in [4.78, 5) is 0. The highest BCUT2D eigenvalue weighted by Gasteiger charge is 2.26. The average molecular weight is 212 g/mol. The Morgan fingerprint density at radius 1 is 1.29 bits per heavy atom. The van der Waals surface area contributed by atoms with Gasteiger partial charge >= 0.3 is 6.18 Å². The second kappa shape index (κ2) is 6.24. The van der Waals surface area contributed by atoms with E-state index in [1.54, 1.807) is 0 Å². The summed E-state index contributed by atoms with van der Waals surface area (Å²) in [6.45, 7) is 4.04. The standard InChI is InChI=1S/C9H19F3N2/c1-7(2)6-8(14-13)4-3-5-9(10,11)12/h7-8,14H,3-6,13H2,1-2H3. The van der Waals surface area contributed by atoms with Crippen molar-refractivity contribution in [3.8, 4) is 0 Å². The third kappa shape index (κ3) is 8.31. The first-order chi connectivity index (χ1) is 6.35. The van der Waals surface area contributed by atoms with Crippen molar-refractivity contribution in [1.82, 2.24) is 5.43 Å². The number of nitrogens with two attached hydrogens (primary N) is 1. The van der Waals surface area contributed by atoms with Crippen molar-refractivity contribution in [3.63, 3.8) is 0 Å². The molecule has 0 saturated carbocycles. The molecule has 2 nitrogen and oxygen atoms in total. The summed E-state index contributed by atoms with van der Waals surface area (Å²) in [5.41, 5.74) is 2.55. The summed E-state index contributed by atoms with van der Waals surface area (Å²) in [7, 11) is 0. The number of rotatable bonds is 6. The van der Waals surface area contributed by atoms with Crippen molar-refractivity contribution < 1.29 is 13.2 Å². The summed E-state index contributed by atoms with van der Waals surface area (Å²) >= 11 is 0. The molecule has 14 heavy (non-hydrogen) atoms. The van der Waals surface area contributed by atoms with Crippen molar-refractivity contribution >= 4 is 0 Å². The molecule has 0 fully saturated rings. The van der Waals surface area contributed by atoms with Crippen molar-refractivity contribution in [3.05, 3.63) is 0 Å².